The van der Waals surface area contributed by atoms with Crippen molar-refractivity contribution in [1.29, 1.82) is 0 Å². The third-order valence-corrected chi connectivity index (χ3v) is 28.3. The van der Waals surface area contributed by atoms with E-state index in [1.54, 1.807) is 29.8 Å². The Bertz CT molecular complexity index is 7940. The van der Waals surface area contributed by atoms with E-state index in [1.165, 1.54) is 61.2 Å². The Hall–Kier alpha value is -15.9. The highest BCUT2D eigenvalue weighted by molar-refractivity contribution is 7.13. The van der Waals surface area contributed by atoms with Gasteiger partial charge in [0.2, 0.25) is 0 Å². The molecule has 0 atom stereocenters. The molecule has 0 radical (unpaired) electrons. The molecule has 26 nitrogen and oxygen atoms in total. The Morgan fingerprint density at radius 1 is 0.307 bits per heavy atom. The Morgan fingerprint density at radius 2 is 0.613 bits per heavy atom. The summed E-state index contributed by atoms with van der Waals surface area (Å²) >= 11 is 3.41. The molecule has 5 saturated heterocycles. The van der Waals surface area contributed by atoms with Gasteiger partial charge in [0.1, 0.15) is 119 Å². The third kappa shape index (κ3) is 18.0. The molecule has 0 bridgehead atoms. The van der Waals surface area contributed by atoms with Gasteiger partial charge < -0.3 is 82.8 Å². The minimum atomic E-state index is 0.467. The number of benzene rings is 8. The maximum Gasteiger partial charge on any atom is 0.150 e. The van der Waals surface area contributed by atoms with E-state index in [0.29, 0.717) is 29.1 Å². The van der Waals surface area contributed by atoms with Gasteiger partial charge in [-0.15, -0.1) is 11.3 Å². The number of rotatable bonds is 16. The third-order valence-electron chi connectivity index (χ3n) is 26.7. The van der Waals surface area contributed by atoms with Crippen molar-refractivity contribution in [3.05, 3.63) is 300 Å². The maximum absolute atomic E-state index is 6.27. The van der Waals surface area contributed by atoms with E-state index in [0.717, 1.165) is 308 Å². The van der Waals surface area contributed by atoms with Crippen LogP contribution in [0, 0.1) is 13.8 Å². The number of aromatic amines is 5. The average Bonchev–Trinajstić information content (AvgIpc) is 1.65. The van der Waals surface area contributed by atoms with Crippen molar-refractivity contribution in [2.75, 3.05) is 68.5 Å². The number of thiophene rings is 2. The SMILES string of the molecule is C=C1CCCN1Cc1nc2c([nH]1)c(N)nc1cc(-c3ccc(C)cc3)ccc12.C=C1CCCN1Cc1nc2c([nH]1)c(N)nc1cc(-c3cccc(C)c3)ccc12.C=C1CCCN1Cc1nc2c([nH]1)c(N)nc1cc(-c3cccc(OC)c3)ccc12.C=C1CCCN1Cc1nc2c([nH]1)c(N)nc1cc(-c3cccs3)ccc12.C=C1CCCN1Cc1nc2c([nH]1)c(N)nc1cc(-c3ccsc3)ccc12. The molecule has 0 unspecified atom stereocenters. The van der Waals surface area contributed by atoms with E-state index in [9.17, 15) is 0 Å². The molecule has 15 N–H and O–H groups in total. The number of nitrogen functional groups attached to an aromatic ring is 5. The summed E-state index contributed by atoms with van der Waals surface area (Å²) in [6.07, 6.45) is 11.1. The Balaban J connectivity index is 0.000000102. The van der Waals surface area contributed by atoms with Crippen LogP contribution in [0.5, 0.6) is 5.75 Å². The molecule has 12 aromatic heterocycles. The van der Waals surface area contributed by atoms with Crippen LogP contribution >= 0.6 is 22.7 Å². The molecule has 137 heavy (non-hydrogen) atoms. The van der Waals surface area contributed by atoms with Crippen LogP contribution in [0.3, 0.4) is 0 Å². The summed E-state index contributed by atoms with van der Waals surface area (Å²) in [4.78, 5) is 76.8. The van der Waals surface area contributed by atoms with Crippen LogP contribution in [0.15, 0.2) is 260 Å². The largest absolute Gasteiger partial charge is 0.497 e. The van der Waals surface area contributed by atoms with E-state index >= 15 is 0 Å². The highest BCUT2D eigenvalue weighted by atomic mass is 32.1. The molecule has 25 rings (SSSR count). The van der Waals surface area contributed by atoms with E-state index in [2.05, 4.69) is 301 Å². The number of allylic oxidation sites excluding steroid dienone is 5. The number of pyridine rings is 5. The number of anilines is 5. The number of hydrogen-bond acceptors (Lipinski definition) is 23. The Morgan fingerprint density at radius 3 is 0.920 bits per heavy atom. The second-order valence-electron chi connectivity index (χ2n) is 36.1. The molecule has 5 aliphatic rings. The molecule has 28 heteroatoms. The lowest BCUT2D eigenvalue weighted by molar-refractivity contribution is 0.378. The van der Waals surface area contributed by atoms with Crippen molar-refractivity contribution in [3.63, 3.8) is 0 Å². The summed E-state index contributed by atoms with van der Waals surface area (Å²) in [6, 6.07) is 62.7. The average molecular weight is 1850 g/mol. The quantitative estimate of drug-likeness (QED) is 0.0429. The van der Waals surface area contributed by atoms with Crippen LogP contribution in [-0.4, -0.2) is 139 Å². The van der Waals surface area contributed by atoms with E-state index in [1.807, 2.05) is 18.2 Å². The van der Waals surface area contributed by atoms with E-state index in [-0.39, 0.29) is 0 Å². The molecule has 8 aromatic carbocycles. The van der Waals surface area contributed by atoms with Gasteiger partial charge in [-0.25, -0.2) is 49.8 Å². The summed E-state index contributed by atoms with van der Waals surface area (Å²) in [6.45, 7) is 33.7. The highest BCUT2D eigenvalue weighted by Crippen LogP contribution is 2.40. The molecule has 0 spiro atoms. The predicted octanol–water partition coefficient (Wildman–Crippen LogP) is 23.1. The first-order chi connectivity index (χ1) is 66.7. The molecular formula is C109H107N25OS2. The van der Waals surface area contributed by atoms with Crippen molar-refractivity contribution >= 4 is 161 Å². The number of hydrogen-bond donors (Lipinski definition) is 10. The number of H-pyrrole nitrogens is 5. The Kier molecular flexibility index (Phi) is 23.8. The summed E-state index contributed by atoms with van der Waals surface area (Å²) in [5.41, 5.74) is 62.7. The number of ether oxygens (including phenoxy) is 1. The van der Waals surface area contributed by atoms with Crippen molar-refractivity contribution < 1.29 is 4.74 Å². The number of likely N-dealkylation sites (tertiary alicyclic amines) is 5. The Labute approximate surface area is 799 Å². The highest BCUT2D eigenvalue weighted by Gasteiger charge is 2.27. The molecule has 17 heterocycles. The van der Waals surface area contributed by atoms with Gasteiger partial charge in [-0.05, 0) is 229 Å². The molecular weight excluding hydrogens is 1740 g/mol. The first-order valence-corrected chi connectivity index (χ1v) is 48.4. The van der Waals surface area contributed by atoms with Gasteiger partial charge in [0, 0.05) is 93.0 Å². The van der Waals surface area contributed by atoms with Crippen LogP contribution in [0.4, 0.5) is 29.1 Å². The number of nitrogens with one attached hydrogen (secondary N) is 5. The number of methoxy groups -OCH3 is 1. The summed E-state index contributed by atoms with van der Waals surface area (Å²) < 4.78 is 5.35. The lowest BCUT2D eigenvalue weighted by Gasteiger charge is -2.16. The summed E-state index contributed by atoms with van der Waals surface area (Å²) in [7, 11) is 1.67. The molecule has 20 aromatic rings. The lowest BCUT2D eigenvalue weighted by Crippen LogP contribution is -2.17. The second-order valence-corrected chi connectivity index (χ2v) is 37.8. The van der Waals surface area contributed by atoms with Gasteiger partial charge in [0.05, 0.1) is 67.4 Å². The van der Waals surface area contributed by atoms with Crippen LogP contribution in [0.1, 0.15) is 104 Å². The minimum absolute atomic E-state index is 0.467. The maximum atomic E-state index is 6.27. The van der Waals surface area contributed by atoms with E-state index < -0.39 is 0 Å². The number of aryl methyl sites for hydroxylation is 2. The van der Waals surface area contributed by atoms with Gasteiger partial charge in [0.25, 0.3) is 0 Å². The zero-order valence-electron chi connectivity index (χ0n) is 77.0. The van der Waals surface area contributed by atoms with Crippen molar-refractivity contribution in [2.45, 2.75) is 111 Å². The van der Waals surface area contributed by atoms with Gasteiger partial charge in [0.15, 0.2) is 0 Å². The van der Waals surface area contributed by atoms with Crippen LogP contribution in [-0.2, 0) is 32.7 Å². The number of fused-ring (bicyclic) bond motifs is 15. The van der Waals surface area contributed by atoms with Crippen molar-refractivity contribution in [3.8, 4) is 60.7 Å². The molecule has 686 valence electrons. The zero-order chi connectivity index (χ0) is 93.8. The smallest absolute Gasteiger partial charge is 0.150 e. The molecule has 0 amide bonds. The van der Waals surface area contributed by atoms with Crippen molar-refractivity contribution in [1.82, 2.24) is 99.3 Å². The summed E-state index contributed by atoms with van der Waals surface area (Å²) in [5, 5.41) is 11.4. The van der Waals surface area contributed by atoms with Crippen molar-refractivity contribution in [2.24, 2.45) is 0 Å². The number of imidazole rings is 5. The fraction of sp³-hybridized carbons (Fsp3) is 0.211. The first-order valence-electron chi connectivity index (χ1n) is 46.5. The minimum Gasteiger partial charge on any atom is -0.497 e. The fourth-order valence-corrected chi connectivity index (χ4v) is 20.8. The topological polar surface area (TPSA) is 363 Å². The molecule has 0 aliphatic carbocycles. The predicted molar refractivity (Wildman–Crippen MR) is 562 cm³/mol. The van der Waals surface area contributed by atoms with Gasteiger partial charge in [-0.3, -0.25) is 0 Å². The monoisotopic (exact) mass is 1850 g/mol. The first kappa shape index (κ1) is 87.7. The van der Waals surface area contributed by atoms with Crippen LogP contribution < -0.4 is 33.4 Å². The number of aromatic nitrogens is 15. The van der Waals surface area contributed by atoms with Crippen LogP contribution in [0.25, 0.3) is 165 Å². The van der Waals surface area contributed by atoms with Gasteiger partial charge in [-0.2, -0.15) is 11.3 Å². The lowest BCUT2D eigenvalue weighted by atomic mass is 10.0. The van der Waals surface area contributed by atoms with Crippen LogP contribution in [0.2, 0.25) is 0 Å². The normalized spacial score (nSPS) is 14.5. The fourth-order valence-electron chi connectivity index (χ4n) is 19.4. The van der Waals surface area contributed by atoms with Gasteiger partial charge in [-0.1, -0.05) is 141 Å². The van der Waals surface area contributed by atoms with Gasteiger partial charge >= 0.3 is 0 Å². The standard InChI is InChI=1S/C23H23N5O.2C23H23N5.2C20H19N5S/c1-14-5-4-10-28(14)13-20-26-21-18-9-8-16(15-6-3-7-17(11-15)29-2)12-19(18)25-23(24)22(21)27-20;1-14-5-3-7-16(11-14)17-8-9-18-19(12-17)25-23(24)22-21(18)26-20(27-22)13-28-10-4-6-15(28)2;1-14-5-7-16(8-6-14)17-9-10-18-19(12-17)25-23(24)22-21(18)26-20(27-22)13-28-11-3-4-15(28)2;1-12-4-2-8-25(12)11-17-23-18-14-7-6-13(16-5-3-9-26-16)10-15(14)22-20(21)19(18)24-17;1-12-3-2-7-25(12)10-17-23-18-15-5-4-13(14-6-8-26-11-14)9-16(15)22-20(21)19(18)24-17/h3,6-9,11-12H,1,4-5,10,13H2,2H3,(H2,24,25)(H,26,27);3,5,7-9,11-12H,2,4,6,10,13H2,1H3,(H2,24,25)(H,26,27);5-10,12H,2-4,11,13H2,1H3,(H2,24,25)(H,26,27);3,5-7,9-10H,1-2,4,8,11H2,(H2,21,22)(H,23,24);4-6,8-9,11H,1-3,7,10H2,(H2,21,22)(H,23,24). The molecule has 5 aliphatic heterocycles. The second kappa shape index (κ2) is 37.1. The summed E-state index contributed by atoms with van der Waals surface area (Å²) in [5.74, 6) is 7.77. The number of nitrogens with two attached hydrogens (primary N) is 5. The van der Waals surface area contributed by atoms with E-state index in [4.69, 9.17) is 58.3 Å². The zero-order valence-corrected chi connectivity index (χ0v) is 78.7. The molecule has 5 fully saturated rings. The number of nitrogens with zero attached hydrogens (tertiary/aromatic N) is 15. The molecule has 0 saturated carbocycles.